The summed E-state index contributed by atoms with van der Waals surface area (Å²) in [5, 5.41) is 6.18. The summed E-state index contributed by atoms with van der Waals surface area (Å²) in [5.41, 5.74) is 1.97. The SMILES string of the molecule is C=C(C)CNC(=NCc1ccc2c(c1)OCO2)NCC(=O)N(C)C. The van der Waals surface area contributed by atoms with E-state index in [9.17, 15) is 4.79 Å². The summed E-state index contributed by atoms with van der Waals surface area (Å²) in [6, 6.07) is 5.72. The van der Waals surface area contributed by atoms with E-state index in [0.29, 0.717) is 19.0 Å². The van der Waals surface area contributed by atoms with Gasteiger partial charge in [0.05, 0.1) is 13.1 Å². The van der Waals surface area contributed by atoms with E-state index < -0.39 is 0 Å². The van der Waals surface area contributed by atoms with Crippen molar-refractivity contribution in [2.45, 2.75) is 13.5 Å². The highest BCUT2D eigenvalue weighted by Gasteiger charge is 2.13. The van der Waals surface area contributed by atoms with Crippen molar-refractivity contribution in [3.05, 3.63) is 35.9 Å². The van der Waals surface area contributed by atoms with E-state index in [1.807, 2.05) is 25.1 Å². The molecule has 1 aliphatic rings. The van der Waals surface area contributed by atoms with Crippen LogP contribution in [0.5, 0.6) is 11.5 Å². The number of hydrogen-bond acceptors (Lipinski definition) is 4. The van der Waals surface area contributed by atoms with Crippen LogP contribution in [0, 0.1) is 0 Å². The number of guanidine groups is 1. The first-order valence-corrected chi connectivity index (χ1v) is 7.71. The fraction of sp³-hybridized carbons (Fsp3) is 0.412. The van der Waals surface area contributed by atoms with Gasteiger partial charge in [-0.3, -0.25) is 4.79 Å². The third kappa shape index (κ3) is 5.19. The fourth-order valence-electron chi connectivity index (χ4n) is 1.94. The van der Waals surface area contributed by atoms with Crippen molar-refractivity contribution >= 4 is 11.9 Å². The first kappa shape index (κ1) is 17.7. The quantitative estimate of drug-likeness (QED) is 0.464. The lowest BCUT2D eigenvalue weighted by Gasteiger charge is -2.15. The highest BCUT2D eigenvalue weighted by molar-refractivity contribution is 5.86. The van der Waals surface area contributed by atoms with Gasteiger partial charge in [0, 0.05) is 20.6 Å². The van der Waals surface area contributed by atoms with E-state index in [0.717, 1.165) is 22.6 Å². The van der Waals surface area contributed by atoms with Gasteiger partial charge in [0.25, 0.3) is 0 Å². The molecule has 1 aliphatic heterocycles. The zero-order valence-corrected chi connectivity index (χ0v) is 14.4. The van der Waals surface area contributed by atoms with Crippen molar-refractivity contribution in [3.8, 4) is 11.5 Å². The average Bonchev–Trinajstić information content (AvgIpc) is 3.01. The van der Waals surface area contributed by atoms with E-state index >= 15 is 0 Å². The Hall–Kier alpha value is -2.70. The highest BCUT2D eigenvalue weighted by Crippen LogP contribution is 2.32. The predicted molar refractivity (Wildman–Crippen MR) is 93.2 cm³/mol. The van der Waals surface area contributed by atoms with Gasteiger partial charge < -0.3 is 25.0 Å². The number of nitrogens with zero attached hydrogens (tertiary/aromatic N) is 2. The third-order valence-electron chi connectivity index (χ3n) is 3.32. The van der Waals surface area contributed by atoms with E-state index in [1.165, 1.54) is 4.90 Å². The molecular weight excluding hydrogens is 308 g/mol. The average molecular weight is 332 g/mol. The molecular formula is C17H24N4O3. The van der Waals surface area contributed by atoms with E-state index in [-0.39, 0.29) is 19.2 Å². The largest absolute Gasteiger partial charge is 0.454 e. The van der Waals surface area contributed by atoms with Crippen LogP contribution in [0.15, 0.2) is 35.3 Å². The number of nitrogens with one attached hydrogen (secondary N) is 2. The van der Waals surface area contributed by atoms with Gasteiger partial charge in [0.1, 0.15) is 0 Å². The van der Waals surface area contributed by atoms with Gasteiger partial charge in [0.15, 0.2) is 17.5 Å². The minimum Gasteiger partial charge on any atom is -0.454 e. The zero-order chi connectivity index (χ0) is 17.5. The molecule has 0 unspecified atom stereocenters. The molecule has 1 aromatic carbocycles. The number of carbonyl (C=O) groups is 1. The number of hydrogen-bond donors (Lipinski definition) is 2. The molecule has 0 saturated heterocycles. The molecule has 0 radical (unpaired) electrons. The van der Waals surface area contributed by atoms with Crippen molar-refractivity contribution in [1.82, 2.24) is 15.5 Å². The first-order valence-electron chi connectivity index (χ1n) is 7.71. The van der Waals surface area contributed by atoms with E-state index in [4.69, 9.17) is 9.47 Å². The summed E-state index contributed by atoms with van der Waals surface area (Å²) in [7, 11) is 3.43. The molecule has 7 heteroatoms. The Morgan fingerprint density at radius 1 is 1.25 bits per heavy atom. The summed E-state index contributed by atoms with van der Waals surface area (Å²) in [6.07, 6.45) is 0. The van der Waals surface area contributed by atoms with Crippen LogP contribution in [0.1, 0.15) is 12.5 Å². The molecule has 7 nitrogen and oxygen atoms in total. The number of rotatable bonds is 6. The summed E-state index contributed by atoms with van der Waals surface area (Å²) in [6.45, 7) is 7.25. The number of fused-ring (bicyclic) bond motifs is 1. The van der Waals surface area contributed by atoms with Crippen LogP contribution in [-0.2, 0) is 11.3 Å². The smallest absolute Gasteiger partial charge is 0.241 e. The molecule has 1 aromatic rings. The minimum atomic E-state index is -0.0251. The lowest BCUT2D eigenvalue weighted by Crippen LogP contribution is -2.43. The molecule has 0 aromatic heterocycles. The normalized spacial score (nSPS) is 12.7. The lowest BCUT2D eigenvalue weighted by molar-refractivity contribution is -0.127. The van der Waals surface area contributed by atoms with Crippen LogP contribution < -0.4 is 20.1 Å². The molecule has 1 heterocycles. The maximum absolute atomic E-state index is 11.7. The van der Waals surface area contributed by atoms with Crippen molar-refractivity contribution in [2.75, 3.05) is 34.0 Å². The number of amides is 1. The molecule has 2 N–H and O–H groups in total. The summed E-state index contributed by atoms with van der Waals surface area (Å²) < 4.78 is 10.7. The third-order valence-corrected chi connectivity index (χ3v) is 3.32. The molecule has 24 heavy (non-hydrogen) atoms. The van der Waals surface area contributed by atoms with Crippen molar-refractivity contribution < 1.29 is 14.3 Å². The summed E-state index contributed by atoms with van der Waals surface area (Å²) in [5.74, 6) is 2.02. The van der Waals surface area contributed by atoms with E-state index in [2.05, 4.69) is 22.2 Å². The number of benzene rings is 1. The van der Waals surface area contributed by atoms with Gasteiger partial charge in [-0.2, -0.15) is 0 Å². The number of likely N-dealkylation sites (N-methyl/N-ethyl adjacent to an activating group) is 1. The second-order valence-electron chi connectivity index (χ2n) is 5.80. The Balaban J connectivity index is 2.00. The van der Waals surface area contributed by atoms with Crippen molar-refractivity contribution in [2.24, 2.45) is 4.99 Å². The Bertz CT molecular complexity index is 641. The molecule has 130 valence electrons. The number of carbonyl (C=O) groups excluding carboxylic acids is 1. The molecule has 2 rings (SSSR count). The van der Waals surface area contributed by atoms with Crippen LogP contribution in [-0.4, -0.2) is 50.7 Å². The van der Waals surface area contributed by atoms with Crippen LogP contribution in [0.3, 0.4) is 0 Å². The van der Waals surface area contributed by atoms with Gasteiger partial charge in [0.2, 0.25) is 12.7 Å². The Morgan fingerprint density at radius 2 is 1.96 bits per heavy atom. The Morgan fingerprint density at radius 3 is 2.67 bits per heavy atom. The summed E-state index contributed by atoms with van der Waals surface area (Å²) >= 11 is 0. The topological polar surface area (TPSA) is 75.2 Å². The highest BCUT2D eigenvalue weighted by atomic mass is 16.7. The first-order chi connectivity index (χ1) is 11.5. The summed E-state index contributed by atoms with van der Waals surface area (Å²) in [4.78, 5) is 17.8. The standard InChI is InChI=1S/C17H24N4O3/c1-12(2)8-18-17(20-10-16(22)21(3)4)19-9-13-5-6-14-15(7-13)24-11-23-14/h5-7H,1,8-11H2,2-4H3,(H2,18,19,20). The fourth-order valence-corrected chi connectivity index (χ4v) is 1.94. The number of ether oxygens (including phenoxy) is 2. The van der Waals surface area contributed by atoms with Crippen LogP contribution >= 0.6 is 0 Å². The van der Waals surface area contributed by atoms with E-state index in [1.54, 1.807) is 14.1 Å². The van der Waals surface area contributed by atoms with Crippen molar-refractivity contribution in [3.63, 3.8) is 0 Å². The van der Waals surface area contributed by atoms with Crippen molar-refractivity contribution in [1.29, 1.82) is 0 Å². The Labute approximate surface area is 142 Å². The maximum Gasteiger partial charge on any atom is 0.241 e. The predicted octanol–water partition coefficient (Wildman–Crippen LogP) is 1.11. The molecule has 0 fully saturated rings. The zero-order valence-electron chi connectivity index (χ0n) is 14.4. The molecule has 0 bridgehead atoms. The van der Waals surface area contributed by atoms with Gasteiger partial charge in [-0.05, 0) is 24.6 Å². The van der Waals surface area contributed by atoms with Crippen LogP contribution in [0.25, 0.3) is 0 Å². The minimum absolute atomic E-state index is 0.0251. The second-order valence-corrected chi connectivity index (χ2v) is 5.80. The van der Waals surface area contributed by atoms with Gasteiger partial charge >= 0.3 is 0 Å². The maximum atomic E-state index is 11.7. The van der Waals surface area contributed by atoms with Gasteiger partial charge in [-0.25, -0.2) is 4.99 Å². The molecule has 0 spiro atoms. The van der Waals surface area contributed by atoms with Crippen LogP contribution in [0.4, 0.5) is 0 Å². The van der Waals surface area contributed by atoms with Gasteiger partial charge in [-0.1, -0.05) is 18.2 Å². The lowest BCUT2D eigenvalue weighted by atomic mass is 10.2. The monoisotopic (exact) mass is 332 g/mol. The second kappa shape index (κ2) is 8.24. The Kier molecular flexibility index (Phi) is 6.06. The molecule has 0 saturated carbocycles. The number of aliphatic imine (C=N–C) groups is 1. The molecule has 0 atom stereocenters. The molecule has 1 amide bonds. The van der Waals surface area contributed by atoms with Crippen LogP contribution in [0.2, 0.25) is 0 Å². The van der Waals surface area contributed by atoms with Gasteiger partial charge in [-0.15, -0.1) is 0 Å². The molecule has 0 aliphatic carbocycles.